The minimum atomic E-state index is -1.04. The Bertz CT molecular complexity index is 673. The zero-order valence-corrected chi connectivity index (χ0v) is 17.4. The van der Waals surface area contributed by atoms with Crippen molar-refractivity contribution in [2.24, 2.45) is 5.41 Å². The van der Waals surface area contributed by atoms with Gasteiger partial charge in [-0.05, 0) is 54.7 Å². The summed E-state index contributed by atoms with van der Waals surface area (Å²) in [5.74, 6) is 1.01. The molecule has 0 bridgehead atoms. The van der Waals surface area contributed by atoms with Crippen molar-refractivity contribution in [1.29, 1.82) is 0 Å². The van der Waals surface area contributed by atoms with Gasteiger partial charge >= 0.3 is 0 Å². The second kappa shape index (κ2) is 10.1. The number of aliphatic hydroxyl groups is 4. The Morgan fingerprint density at radius 3 is 1.24 bits per heavy atom. The van der Waals surface area contributed by atoms with Crippen LogP contribution in [0.4, 0.5) is 0 Å². The van der Waals surface area contributed by atoms with Crippen molar-refractivity contribution in [3.63, 3.8) is 0 Å². The van der Waals surface area contributed by atoms with Gasteiger partial charge in [-0.25, -0.2) is 0 Å². The predicted molar refractivity (Wildman–Crippen MR) is 110 cm³/mol. The highest BCUT2D eigenvalue weighted by molar-refractivity contribution is 5.29. The zero-order valence-electron chi connectivity index (χ0n) is 17.4. The molecule has 0 amide bonds. The molecule has 4 unspecified atom stereocenters. The lowest BCUT2D eigenvalue weighted by Gasteiger charge is -2.29. The van der Waals surface area contributed by atoms with E-state index in [4.69, 9.17) is 9.47 Å². The first-order valence-corrected chi connectivity index (χ1v) is 9.81. The number of hydrogen-bond acceptors (Lipinski definition) is 6. The molecule has 0 saturated carbocycles. The predicted octanol–water partition coefficient (Wildman–Crippen LogP) is 3.69. The van der Waals surface area contributed by atoms with E-state index in [0.29, 0.717) is 24.3 Å². The Labute approximate surface area is 172 Å². The standard InChI is InChI=1S/C23H32O6/c1-15(24)17-5-9-19(10-6-17)28-21(26)13-23(3,4)14-22(27)29-20-11-7-18(8-12-20)16(2)25/h5-12,15-16,21-22,24-27H,13-14H2,1-4H3. The lowest BCUT2D eigenvalue weighted by Crippen LogP contribution is -2.30. The van der Waals surface area contributed by atoms with Crippen LogP contribution in [0.3, 0.4) is 0 Å². The third-order valence-electron chi connectivity index (χ3n) is 4.72. The molecule has 4 N–H and O–H groups in total. The Morgan fingerprint density at radius 2 is 0.966 bits per heavy atom. The molecule has 0 radical (unpaired) electrons. The second-order valence-electron chi connectivity index (χ2n) is 8.21. The monoisotopic (exact) mass is 404 g/mol. The van der Waals surface area contributed by atoms with Crippen molar-refractivity contribution in [2.75, 3.05) is 0 Å². The number of aliphatic hydroxyl groups excluding tert-OH is 4. The van der Waals surface area contributed by atoms with Gasteiger partial charge in [-0.3, -0.25) is 0 Å². The Morgan fingerprint density at radius 1 is 0.655 bits per heavy atom. The summed E-state index contributed by atoms with van der Waals surface area (Å²) in [6.07, 6.45) is -2.60. The Hall–Kier alpha value is -2.12. The highest BCUT2D eigenvalue weighted by Gasteiger charge is 2.27. The molecule has 2 aromatic rings. The third kappa shape index (κ3) is 7.66. The highest BCUT2D eigenvalue weighted by Crippen LogP contribution is 2.31. The van der Waals surface area contributed by atoms with Crippen LogP contribution in [0.15, 0.2) is 48.5 Å². The third-order valence-corrected chi connectivity index (χ3v) is 4.72. The summed E-state index contributed by atoms with van der Waals surface area (Å²) in [5.41, 5.74) is 1.10. The van der Waals surface area contributed by atoms with Crippen molar-refractivity contribution in [2.45, 2.75) is 65.3 Å². The van der Waals surface area contributed by atoms with Crippen LogP contribution < -0.4 is 9.47 Å². The van der Waals surface area contributed by atoms with Crippen molar-refractivity contribution in [1.82, 2.24) is 0 Å². The van der Waals surface area contributed by atoms with E-state index in [-0.39, 0.29) is 0 Å². The number of hydrogen-bond donors (Lipinski definition) is 4. The van der Waals surface area contributed by atoms with Gasteiger partial charge in [0.25, 0.3) is 0 Å². The normalized spacial score (nSPS) is 16.0. The van der Waals surface area contributed by atoms with E-state index in [9.17, 15) is 20.4 Å². The van der Waals surface area contributed by atoms with Gasteiger partial charge in [0, 0.05) is 12.8 Å². The van der Waals surface area contributed by atoms with E-state index in [0.717, 1.165) is 11.1 Å². The topological polar surface area (TPSA) is 99.4 Å². The summed E-state index contributed by atoms with van der Waals surface area (Å²) < 4.78 is 11.1. The fourth-order valence-corrected chi connectivity index (χ4v) is 3.08. The van der Waals surface area contributed by atoms with Gasteiger partial charge in [0.05, 0.1) is 12.2 Å². The molecule has 0 aromatic heterocycles. The fraction of sp³-hybridized carbons (Fsp3) is 0.478. The largest absolute Gasteiger partial charge is 0.465 e. The molecular weight excluding hydrogens is 372 g/mol. The maximum absolute atomic E-state index is 10.3. The van der Waals surface area contributed by atoms with E-state index in [1.54, 1.807) is 62.4 Å². The average Bonchev–Trinajstić information content (AvgIpc) is 2.61. The van der Waals surface area contributed by atoms with Gasteiger partial charge in [0.2, 0.25) is 0 Å². The first-order chi connectivity index (χ1) is 13.6. The maximum atomic E-state index is 10.3. The molecule has 2 rings (SSSR count). The minimum Gasteiger partial charge on any atom is -0.465 e. The van der Waals surface area contributed by atoms with Crippen LogP contribution in [0, 0.1) is 5.41 Å². The molecule has 0 aliphatic rings. The molecule has 160 valence electrons. The average molecular weight is 405 g/mol. The van der Waals surface area contributed by atoms with Crippen molar-refractivity contribution < 1.29 is 29.9 Å². The second-order valence-corrected chi connectivity index (χ2v) is 8.21. The van der Waals surface area contributed by atoms with Gasteiger partial charge in [-0.2, -0.15) is 0 Å². The van der Waals surface area contributed by atoms with E-state index in [1.165, 1.54) is 0 Å². The van der Waals surface area contributed by atoms with Gasteiger partial charge in [0.15, 0.2) is 12.6 Å². The molecule has 2 aromatic carbocycles. The number of benzene rings is 2. The van der Waals surface area contributed by atoms with Gasteiger partial charge < -0.3 is 29.9 Å². The van der Waals surface area contributed by atoms with Crippen molar-refractivity contribution >= 4 is 0 Å². The van der Waals surface area contributed by atoms with E-state index in [1.807, 2.05) is 13.8 Å². The molecule has 0 aliphatic carbocycles. The summed E-state index contributed by atoms with van der Waals surface area (Å²) >= 11 is 0. The van der Waals surface area contributed by atoms with Crippen LogP contribution in [0.25, 0.3) is 0 Å². The SMILES string of the molecule is CC(O)c1ccc(OC(O)CC(C)(C)CC(O)Oc2ccc(C(C)O)cc2)cc1. The minimum absolute atomic E-state index is 0.298. The van der Waals surface area contributed by atoms with Gasteiger partial charge in [-0.15, -0.1) is 0 Å². The van der Waals surface area contributed by atoms with Crippen LogP contribution in [0.1, 0.15) is 63.9 Å². The molecule has 0 saturated heterocycles. The summed E-state index contributed by atoms with van der Waals surface area (Å²) in [4.78, 5) is 0. The van der Waals surface area contributed by atoms with Crippen molar-refractivity contribution in [3.8, 4) is 11.5 Å². The summed E-state index contributed by atoms with van der Waals surface area (Å²) in [5, 5.41) is 39.6. The van der Waals surface area contributed by atoms with Crippen molar-refractivity contribution in [3.05, 3.63) is 59.7 Å². The maximum Gasteiger partial charge on any atom is 0.197 e. The summed E-state index contributed by atoms with van der Waals surface area (Å²) in [6.45, 7) is 7.20. The molecule has 0 fully saturated rings. The van der Waals surface area contributed by atoms with Crippen LogP contribution in [-0.4, -0.2) is 33.0 Å². The van der Waals surface area contributed by atoms with Crippen LogP contribution in [0.5, 0.6) is 11.5 Å². The smallest absolute Gasteiger partial charge is 0.197 e. The first-order valence-electron chi connectivity index (χ1n) is 9.81. The Kier molecular flexibility index (Phi) is 8.05. The van der Waals surface area contributed by atoms with Crippen LogP contribution >= 0.6 is 0 Å². The lowest BCUT2D eigenvalue weighted by molar-refractivity contribution is -0.0818. The summed E-state index contributed by atoms with van der Waals surface area (Å²) in [6, 6.07) is 13.8. The molecule has 6 heteroatoms. The van der Waals surface area contributed by atoms with E-state index < -0.39 is 30.2 Å². The summed E-state index contributed by atoms with van der Waals surface area (Å²) in [7, 11) is 0. The zero-order chi connectivity index (χ0) is 21.6. The van der Waals surface area contributed by atoms with E-state index in [2.05, 4.69) is 0 Å². The molecule has 4 atom stereocenters. The van der Waals surface area contributed by atoms with Crippen LogP contribution in [0.2, 0.25) is 0 Å². The van der Waals surface area contributed by atoms with Gasteiger partial charge in [0.1, 0.15) is 11.5 Å². The number of ether oxygens (including phenoxy) is 2. The highest BCUT2D eigenvalue weighted by atomic mass is 16.6. The molecule has 6 nitrogen and oxygen atoms in total. The lowest BCUT2D eigenvalue weighted by atomic mass is 9.85. The Balaban J connectivity index is 1.85. The first kappa shape index (κ1) is 23.2. The molecule has 0 heterocycles. The van der Waals surface area contributed by atoms with Gasteiger partial charge in [-0.1, -0.05) is 38.1 Å². The molecule has 29 heavy (non-hydrogen) atoms. The van der Waals surface area contributed by atoms with E-state index >= 15 is 0 Å². The fourth-order valence-electron chi connectivity index (χ4n) is 3.08. The molecule has 0 spiro atoms. The molecule has 0 aliphatic heterocycles. The quantitative estimate of drug-likeness (QED) is 0.451. The number of rotatable bonds is 10. The molecular formula is C23H32O6. The van der Waals surface area contributed by atoms with Crippen LogP contribution in [-0.2, 0) is 0 Å².